The fraction of sp³-hybridized carbons (Fsp3) is 0.538. The van der Waals surface area contributed by atoms with Crippen LogP contribution in [0.25, 0.3) is 0 Å². The van der Waals surface area contributed by atoms with Gasteiger partial charge >= 0.3 is 0 Å². The molecule has 1 aromatic carbocycles. The summed E-state index contributed by atoms with van der Waals surface area (Å²) in [6, 6.07) is 4.64. The molecular weight excluding hydrogens is 156 g/mol. The van der Waals surface area contributed by atoms with Crippen LogP contribution in [0.4, 0.5) is 0 Å². The molecule has 13 heavy (non-hydrogen) atoms. The Hall–Kier alpha value is -0.780. The van der Waals surface area contributed by atoms with Crippen LogP contribution in [0.15, 0.2) is 12.1 Å². The molecule has 0 aliphatic carbocycles. The molecule has 1 aromatic rings. The highest BCUT2D eigenvalue weighted by molar-refractivity contribution is 5.36. The van der Waals surface area contributed by atoms with Crippen molar-refractivity contribution in [1.29, 1.82) is 0 Å². The fourth-order valence-electron chi connectivity index (χ4n) is 1.71. The largest absolute Gasteiger partial charge is 0.0625 e. The smallest absolute Gasteiger partial charge is 0.0255 e. The third kappa shape index (κ3) is 2.58. The van der Waals surface area contributed by atoms with E-state index in [-0.39, 0.29) is 0 Å². The Kier molecular flexibility index (Phi) is 3.13. The van der Waals surface area contributed by atoms with Crippen LogP contribution in [0.2, 0.25) is 0 Å². The average molecular weight is 176 g/mol. The van der Waals surface area contributed by atoms with E-state index in [0.29, 0.717) is 0 Å². The maximum Gasteiger partial charge on any atom is -0.0255 e. The molecule has 0 aliphatic rings. The van der Waals surface area contributed by atoms with Gasteiger partial charge in [-0.3, -0.25) is 0 Å². The first-order chi connectivity index (χ1) is 6.00. The van der Waals surface area contributed by atoms with Crippen molar-refractivity contribution in [3.8, 4) is 0 Å². The number of aryl methyl sites for hydroxylation is 2. The van der Waals surface area contributed by atoms with E-state index in [1.54, 1.807) is 0 Å². The molecule has 0 saturated carbocycles. The van der Waals surface area contributed by atoms with Gasteiger partial charge < -0.3 is 0 Å². The van der Waals surface area contributed by atoms with Crippen molar-refractivity contribution in [1.82, 2.24) is 0 Å². The van der Waals surface area contributed by atoms with Gasteiger partial charge in [0, 0.05) is 0 Å². The van der Waals surface area contributed by atoms with Crippen LogP contribution in [0.5, 0.6) is 0 Å². The number of hydrogen-bond acceptors (Lipinski definition) is 0. The zero-order valence-corrected chi connectivity index (χ0v) is 9.44. The monoisotopic (exact) mass is 176 g/mol. The van der Waals surface area contributed by atoms with Gasteiger partial charge in [-0.05, 0) is 55.4 Å². The van der Waals surface area contributed by atoms with E-state index in [9.17, 15) is 0 Å². The molecule has 72 valence electrons. The SMILES string of the molecule is Cc1cc(CC(C)C)cc(C)c1C. The summed E-state index contributed by atoms with van der Waals surface area (Å²) in [6.45, 7) is 11.1. The molecule has 0 aromatic heterocycles. The van der Waals surface area contributed by atoms with Crippen molar-refractivity contribution in [2.24, 2.45) is 5.92 Å². The third-order valence-electron chi connectivity index (χ3n) is 2.63. The fourth-order valence-corrected chi connectivity index (χ4v) is 1.71. The van der Waals surface area contributed by atoms with E-state index in [2.05, 4.69) is 46.8 Å². The van der Waals surface area contributed by atoms with Gasteiger partial charge in [0.15, 0.2) is 0 Å². The van der Waals surface area contributed by atoms with Crippen LogP contribution < -0.4 is 0 Å². The lowest BCUT2D eigenvalue weighted by Crippen LogP contribution is -1.97. The second-order valence-electron chi connectivity index (χ2n) is 4.45. The maximum absolute atomic E-state index is 2.32. The van der Waals surface area contributed by atoms with Gasteiger partial charge in [0.05, 0.1) is 0 Å². The summed E-state index contributed by atoms with van der Waals surface area (Å²) in [7, 11) is 0. The molecule has 0 bridgehead atoms. The lowest BCUT2D eigenvalue weighted by atomic mass is 9.96. The van der Waals surface area contributed by atoms with E-state index in [1.165, 1.54) is 28.7 Å². The Balaban J connectivity index is 2.99. The zero-order chi connectivity index (χ0) is 10.0. The predicted octanol–water partition coefficient (Wildman–Crippen LogP) is 3.81. The number of hydrogen-bond donors (Lipinski definition) is 0. The molecule has 0 nitrogen and oxygen atoms in total. The second-order valence-corrected chi connectivity index (χ2v) is 4.45. The Morgan fingerprint density at radius 1 is 1.00 bits per heavy atom. The zero-order valence-electron chi connectivity index (χ0n) is 9.44. The van der Waals surface area contributed by atoms with Gasteiger partial charge in [-0.15, -0.1) is 0 Å². The average Bonchev–Trinajstić information content (AvgIpc) is 1.98. The van der Waals surface area contributed by atoms with Crippen LogP contribution in [0.1, 0.15) is 36.1 Å². The molecular formula is C13H20. The van der Waals surface area contributed by atoms with E-state index < -0.39 is 0 Å². The topological polar surface area (TPSA) is 0 Å². The minimum absolute atomic E-state index is 0.751. The molecule has 1 rings (SSSR count). The van der Waals surface area contributed by atoms with Crippen molar-refractivity contribution in [3.63, 3.8) is 0 Å². The maximum atomic E-state index is 2.32. The Bertz CT molecular complexity index is 272. The molecule has 0 radical (unpaired) electrons. The van der Waals surface area contributed by atoms with Crippen LogP contribution >= 0.6 is 0 Å². The quantitative estimate of drug-likeness (QED) is 0.642. The molecule has 0 N–H and O–H groups in total. The van der Waals surface area contributed by atoms with Gasteiger partial charge in [0.2, 0.25) is 0 Å². The van der Waals surface area contributed by atoms with Gasteiger partial charge in [-0.1, -0.05) is 26.0 Å². The van der Waals surface area contributed by atoms with Crippen LogP contribution in [-0.2, 0) is 6.42 Å². The van der Waals surface area contributed by atoms with E-state index in [0.717, 1.165) is 5.92 Å². The summed E-state index contributed by atoms with van der Waals surface area (Å²) in [4.78, 5) is 0. The first kappa shape index (κ1) is 10.3. The van der Waals surface area contributed by atoms with Gasteiger partial charge in [0.1, 0.15) is 0 Å². The Morgan fingerprint density at radius 3 is 1.85 bits per heavy atom. The molecule has 0 amide bonds. The first-order valence-electron chi connectivity index (χ1n) is 5.07. The summed E-state index contributed by atoms with van der Waals surface area (Å²) >= 11 is 0. The van der Waals surface area contributed by atoms with Gasteiger partial charge in [-0.25, -0.2) is 0 Å². The summed E-state index contributed by atoms with van der Waals surface area (Å²) in [6.07, 6.45) is 1.20. The Labute approximate surface area is 82.0 Å². The summed E-state index contributed by atoms with van der Waals surface area (Å²) in [5.41, 5.74) is 5.77. The van der Waals surface area contributed by atoms with E-state index >= 15 is 0 Å². The predicted molar refractivity (Wildman–Crippen MR) is 59.2 cm³/mol. The van der Waals surface area contributed by atoms with E-state index in [1.807, 2.05) is 0 Å². The first-order valence-corrected chi connectivity index (χ1v) is 5.07. The lowest BCUT2D eigenvalue weighted by molar-refractivity contribution is 0.646. The van der Waals surface area contributed by atoms with Crippen LogP contribution in [0, 0.1) is 26.7 Å². The summed E-state index contributed by atoms with van der Waals surface area (Å²) < 4.78 is 0. The Morgan fingerprint density at radius 2 is 1.46 bits per heavy atom. The normalized spacial score (nSPS) is 10.9. The highest BCUT2D eigenvalue weighted by Crippen LogP contribution is 2.17. The number of rotatable bonds is 2. The van der Waals surface area contributed by atoms with Gasteiger partial charge in [-0.2, -0.15) is 0 Å². The minimum Gasteiger partial charge on any atom is -0.0625 e. The highest BCUT2D eigenvalue weighted by Gasteiger charge is 2.02. The van der Waals surface area contributed by atoms with Crippen LogP contribution in [-0.4, -0.2) is 0 Å². The lowest BCUT2D eigenvalue weighted by Gasteiger charge is -2.10. The highest BCUT2D eigenvalue weighted by atomic mass is 14.1. The molecule has 0 spiro atoms. The molecule has 0 heteroatoms. The summed E-state index contributed by atoms with van der Waals surface area (Å²) in [5, 5.41) is 0. The minimum atomic E-state index is 0.751. The van der Waals surface area contributed by atoms with Crippen molar-refractivity contribution in [2.45, 2.75) is 41.0 Å². The molecule has 0 atom stereocenters. The van der Waals surface area contributed by atoms with Gasteiger partial charge in [0.25, 0.3) is 0 Å². The van der Waals surface area contributed by atoms with Crippen molar-refractivity contribution in [2.75, 3.05) is 0 Å². The van der Waals surface area contributed by atoms with Crippen LogP contribution in [0.3, 0.4) is 0 Å². The summed E-state index contributed by atoms with van der Waals surface area (Å²) in [5.74, 6) is 0.751. The molecule has 0 aliphatic heterocycles. The molecule has 0 heterocycles. The third-order valence-corrected chi connectivity index (χ3v) is 2.63. The standard InChI is InChI=1S/C13H20/c1-9(2)6-13-7-10(3)12(5)11(4)8-13/h7-9H,6H2,1-5H3. The van der Waals surface area contributed by atoms with Crippen molar-refractivity contribution in [3.05, 3.63) is 34.4 Å². The van der Waals surface area contributed by atoms with E-state index in [4.69, 9.17) is 0 Å². The molecule has 0 unspecified atom stereocenters. The second kappa shape index (κ2) is 3.95. The molecule has 0 saturated heterocycles. The van der Waals surface area contributed by atoms with Crippen molar-refractivity contribution >= 4 is 0 Å². The molecule has 0 fully saturated rings. The van der Waals surface area contributed by atoms with Crippen molar-refractivity contribution < 1.29 is 0 Å². The number of benzene rings is 1.